The van der Waals surface area contributed by atoms with Crippen LogP contribution in [0.1, 0.15) is 5.56 Å². The largest absolute Gasteiger partial charge is 0.508 e. The van der Waals surface area contributed by atoms with Gasteiger partial charge in [-0.1, -0.05) is 42.5 Å². The van der Waals surface area contributed by atoms with Crippen LogP contribution in [0.25, 0.3) is 22.1 Å². The van der Waals surface area contributed by atoms with Crippen molar-refractivity contribution in [3.63, 3.8) is 0 Å². The zero-order chi connectivity index (χ0) is 32.1. The molecule has 0 bridgehead atoms. The van der Waals surface area contributed by atoms with E-state index in [2.05, 4.69) is 0 Å². The number of carboxylic acid groups (broad SMARTS) is 1. The molecule has 0 aliphatic carbocycles. The van der Waals surface area contributed by atoms with Crippen molar-refractivity contribution < 1.29 is 58.5 Å². The minimum atomic E-state index is -2.45. The molecular weight excluding hydrogens is 592 g/mol. The van der Waals surface area contributed by atoms with Crippen LogP contribution in [-0.4, -0.2) is 87.5 Å². The van der Waals surface area contributed by atoms with Crippen molar-refractivity contribution in [3.8, 4) is 22.6 Å². The number of carboxylic acids is 1. The van der Waals surface area contributed by atoms with E-state index in [-0.39, 0.29) is 40.1 Å². The first-order valence-corrected chi connectivity index (χ1v) is 13.9. The molecule has 13 heteroatoms. The molecule has 5 N–H and O–H groups in total. The van der Waals surface area contributed by atoms with E-state index in [1.54, 1.807) is 12.1 Å². The van der Waals surface area contributed by atoms with Gasteiger partial charge < -0.3 is 48.9 Å². The van der Waals surface area contributed by atoms with Gasteiger partial charge in [-0.05, 0) is 41.8 Å². The minimum Gasteiger partial charge on any atom is -0.508 e. The highest BCUT2D eigenvalue weighted by molar-refractivity contribution is 5.96. The molecule has 45 heavy (non-hydrogen) atoms. The maximum atomic E-state index is 13.2. The van der Waals surface area contributed by atoms with Crippen molar-refractivity contribution in [2.75, 3.05) is 13.2 Å². The van der Waals surface area contributed by atoms with E-state index < -0.39 is 55.4 Å². The third kappa shape index (κ3) is 7.30. The van der Waals surface area contributed by atoms with Crippen LogP contribution in [-0.2, 0) is 30.2 Å². The fourth-order valence-electron chi connectivity index (χ4n) is 4.77. The average molecular weight is 623 g/mol. The number of fused-ring (bicyclic) bond motifs is 1. The van der Waals surface area contributed by atoms with Gasteiger partial charge in [-0.15, -0.1) is 0 Å². The van der Waals surface area contributed by atoms with Crippen LogP contribution in [0, 0.1) is 0 Å². The van der Waals surface area contributed by atoms with Crippen LogP contribution in [0.5, 0.6) is 11.5 Å². The first-order valence-electron chi connectivity index (χ1n) is 13.9. The van der Waals surface area contributed by atoms with Crippen molar-refractivity contribution in [1.82, 2.24) is 0 Å². The molecule has 1 aromatic heterocycles. The van der Waals surface area contributed by atoms with Gasteiger partial charge in [0.15, 0.2) is 5.43 Å². The number of carbonyl (C=O) groups excluding carboxylic acids is 1. The van der Waals surface area contributed by atoms with Crippen molar-refractivity contribution in [2.45, 2.75) is 43.2 Å². The van der Waals surface area contributed by atoms with Crippen molar-refractivity contribution in [1.29, 1.82) is 0 Å². The summed E-state index contributed by atoms with van der Waals surface area (Å²) in [4.78, 5) is 35.9. The Hall–Kier alpha value is -4.79. The maximum absolute atomic E-state index is 13.2. The highest BCUT2D eigenvalue weighted by atomic mass is 16.7. The monoisotopic (exact) mass is 622 g/mol. The number of esters is 1. The minimum absolute atomic E-state index is 0.0499. The summed E-state index contributed by atoms with van der Waals surface area (Å²) in [5, 5.41) is 49.7. The fraction of sp³-hybridized carbons (Fsp3) is 0.281. The highest BCUT2D eigenvalue weighted by Gasteiger charge is 2.47. The Morgan fingerprint density at radius 2 is 1.69 bits per heavy atom. The van der Waals surface area contributed by atoms with Crippen molar-refractivity contribution in [2.24, 2.45) is 0 Å². The number of benzene rings is 3. The lowest BCUT2D eigenvalue weighted by Gasteiger charge is -2.42. The molecule has 1 fully saturated rings. The maximum Gasteiger partial charge on any atom is 0.346 e. The number of hydrogen-bond acceptors (Lipinski definition) is 12. The number of phenolic OH excluding ortho intramolecular Hbond substituents is 1. The Bertz CT molecular complexity index is 1690. The molecule has 0 radical (unpaired) electrons. The SMILES string of the molecule is O=C(O)[C@H](O)C(=O)OC[C@@H]1O[C@H](Oc2ccc3c(=O)c(-c4ccc(O)cc4)coc3c2)[C@@H](OCCc2ccccc2)[C@H](O)[C@H]1O. The highest BCUT2D eigenvalue weighted by Crippen LogP contribution is 2.29. The van der Waals surface area contributed by atoms with Crippen molar-refractivity contribution >= 4 is 22.9 Å². The van der Waals surface area contributed by atoms with E-state index in [9.17, 15) is 34.8 Å². The molecule has 236 valence electrons. The number of aliphatic carboxylic acids is 1. The molecule has 1 aliphatic heterocycles. The Balaban J connectivity index is 1.36. The Labute approximate surface area is 255 Å². The van der Waals surface area contributed by atoms with Crippen LogP contribution >= 0.6 is 0 Å². The summed E-state index contributed by atoms with van der Waals surface area (Å²) in [7, 11) is 0. The van der Waals surface area contributed by atoms with E-state index in [1.165, 1.54) is 36.6 Å². The molecule has 6 atom stereocenters. The number of aliphatic hydroxyl groups is 3. The van der Waals surface area contributed by atoms with E-state index in [4.69, 9.17) is 28.5 Å². The molecule has 4 aromatic rings. The predicted molar refractivity (Wildman–Crippen MR) is 155 cm³/mol. The molecule has 0 unspecified atom stereocenters. The molecule has 13 nitrogen and oxygen atoms in total. The van der Waals surface area contributed by atoms with Gasteiger partial charge in [-0.25, -0.2) is 9.59 Å². The van der Waals surface area contributed by atoms with Gasteiger partial charge in [0.1, 0.15) is 54.4 Å². The van der Waals surface area contributed by atoms with Crippen LogP contribution in [0.4, 0.5) is 0 Å². The zero-order valence-corrected chi connectivity index (χ0v) is 23.6. The number of carbonyl (C=O) groups is 2. The lowest BCUT2D eigenvalue weighted by Crippen LogP contribution is -2.61. The van der Waals surface area contributed by atoms with Gasteiger partial charge >= 0.3 is 11.9 Å². The van der Waals surface area contributed by atoms with E-state index in [0.29, 0.717) is 12.0 Å². The zero-order valence-electron chi connectivity index (χ0n) is 23.6. The molecule has 3 aromatic carbocycles. The molecular formula is C32H30O13. The molecule has 0 saturated carbocycles. The summed E-state index contributed by atoms with van der Waals surface area (Å²) in [6.45, 7) is -0.608. The Morgan fingerprint density at radius 1 is 0.956 bits per heavy atom. The molecule has 1 saturated heterocycles. The van der Waals surface area contributed by atoms with Gasteiger partial charge in [0.2, 0.25) is 12.4 Å². The predicted octanol–water partition coefficient (Wildman–Crippen LogP) is 1.61. The standard InChI is InChI=1S/C32H30O13/c33-19-8-6-18(7-9-19)22-15-42-23-14-20(10-11-21(23)25(22)34)44-32-29(41-13-12-17-4-2-1-3-5-17)27(36)26(35)24(45-32)16-43-31(40)28(37)30(38)39/h1-11,14-15,24,26-29,32-33,35-37H,12-13,16H2,(H,38,39)/t24-,26-,27+,28-,29-,32-/m0/s1. The molecule has 5 rings (SSSR count). The summed E-state index contributed by atoms with van der Waals surface area (Å²) in [5.41, 5.74) is 1.63. The Morgan fingerprint density at radius 3 is 2.40 bits per heavy atom. The smallest absolute Gasteiger partial charge is 0.346 e. The number of aromatic hydroxyl groups is 1. The number of ether oxygens (including phenoxy) is 4. The first-order chi connectivity index (χ1) is 21.6. The fourth-order valence-corrected chi connectivity index (χ4v) is 4.77. The van der Waals surface area contributed by atoms with E-state index >= 15 is 0 Å². The van der Waals surface area contributed by atoms with Crippen LogP contribution < -0.4 is 10.2 Å². The number of rotatable bonds is 11. The molecule has 0 spiro atoms. The second kappa shape index (κ2) is 13.9. The van der Waals surface area contributed by atoms with Gasteiger partial charge in [0.25, 0.3) is 0 Å². The number of phenols is 1. The van der Waals surface area contributed by atoms with Crippen LogP contribution in [0.15, 0.2) is 88.3 Å². The second-order valence-electron chi connectivity index (χ2n) is 10.3. The van der Waals surface area contributed by atoms with Crippen LogP contribution in [0.2, 0.25) is 0 Å². The summed E-state index contributed by atoms with van der Waals surface area (Å²) >= 11 is 0. The second-order valence-corrected chi connectivity index (χ2v) is 10.3. The van der Waals surface area contributed by atoms with E-state index in [0.717, 1.165) is 5.56 Å². The third-order valence-corrected chi connectivity index (χ3v) is 7.21. The third-order valence-electron chi connectivity index (χ3n) is 7.21. The lowest BCUT2D eigenvalue weighted by atomic mass is 9.99. The van der Waals surface area contributed by atoms with Gasteiger partial charge in [0.05, 0.1) is 17.6 Å². The number of aliphatic hydroxyl groups excluding tert-OH is 3. The average Bonchev–Trinajstić information content (AvgIpc) is 3.04. The number of hydrogen-bond donors (Lipinski definition) is 5. The molecule has 2 heterocycles. The lowest BCUT2D eigenvalue weighted by molar-refractivity contribution is -0.288. The van der Waals surface area contributed by atoms with Crippen LogP contribution in [0.3, 0.4) is 0 Å². The van der Waals surface area contributed by atoms with Gasteiger partial charge in [-0.3, -0.25) is 4.79 Å². The summed E-state index contributed by atoms with van der Waals surface area (Å²) < 4.78 is 28.2. The molecule has 0 amide bonds. The topological polar surface area (TPSA) is 202 Å². The van der Waals surface area contributed by atoms with Gasteiger partial charge in [-0.2, -0.15) is 0 Å². The summed E-state index contributed by atoms with van der Waals surface area (Å²) in [6, 6.07) is 19.8. The quantitative estimate of drug-likeness (QED) is 0.119. The summed E-state index contributed by atoms with van der Waals surface area (Å²) in [6.07, 6.45) is -7.95. The first kappa shape index (κ1) is 31.6. The van der Waals surface area contributed by atoms with Gasteiger partial charge in [0, 0.05) is 6.07 Å². The van der Waals surface area contributed by atoms with E-state index in [1.807, 2.05) is 30.3 Å². The van der Waals surface area contributed by atoms with Crippen molar-refractivity contribution in [3.05, 3.63) is 94.8 Å². The normalized spacial score (nSPS) is 22.1. The Kier molecular flexibility index (Phi) is 9.76. The summed E-state index contributed by atoms with van der Waals surface area (Å²) in [5.74, 6) is -3.11. The molecule has 1 aliphatic rings.